The van der Waals surface area contributed by atoms with E-state index in [0.717, 1.165) is 17.8 Å². The van der Waals surface area contributed by atoms with Gasteiger partial charge in [-0.25, -0.2) is 0 Å². The fourth-order valence-electron chi connectivity index (χ4n) is 6.65. The van der Waals surface area contributed by atoms with Gasteiger partial charge in [0.15, 0.2) is 0 Å². The van der Waals surface area contributed by atoms with Crippen LogP contribution in [-0.4, -0.2) is 0 Å². The molecule has 0 aromatic rings. The minimum atomic E-state index is 0.440. The maximum Gasteiger partial charge on any atom is -0.0243 e. The summed E-state index contributed by atoms with van der Waals surface area (Å²) >= 11 is 0. The van der Waals surface area contributed by atoms with Crippen LogP contribution in [0.2, 0.25) is 0 Å². The van der Waals surface area contributed by atoms with Gasteiger partial charge in [-0.2, -0.15) is 0 Å². The number of fused-ring (bicyclic) bond motifs is 1. The normalized spacial score (nSPS) is 35.9. The van der Waals surface area contributed by atoms with Gasteiger partial charge in [-0.15, -0.1) is 0 Å². The van der Waals surface area contributed by atoms with E-state index in [2.05, 4.69) is 48.5 Å². The lowest BCUT2D eigenvalue weighted by Gasteiger charge is -2.49. The molecule has 0 aromatic heterocycles. The van der Waals surface area contributed by atoms with Crippen molar-refractivity contribution in [1.29, 1.82) is 0 Å². The van der Waals surface area contributed by atoms with E-state index >= 15 is 0 Å². The second kappa shape index (κ2) is 8.35. The molecule has 2 aliphatic carbocycles. The second-order valence-corrected chi connectivity index (χ2v) is 11.5. The standard InChI is InChI=1S/C25H48/c1-8-23(3,4)19-24(5,6)25(7)18-21-16-14-12-10-9-11-13-15-17-22(21)20(25)2/h20-22H,8-19H2,1-7H3. The van der Waals surface area contributed by atoms with Crippen molar-refractivity contribution in [2.24, 2.45) is 34.0 Å². The Balaban J connectivity index is 2.18. The highest BCUT2D eigenvalue weighted by Crippen LogP contribution is 2.63. The first kappa shape index (κ1) is 21.3. The van der Waals surface area contributed by atoms with E-state index in [4.69, 9.17) is 0 Å². The van der Waals surface area contributed by atoms with Gasteiger partial charge in [0.25, 0.3) is 0 Å². The molecule has 0 radical (unpaired) electrons. The highest BCUT2D eigenvalue weighted by atomic mass is 14.6. The SMILES string of the molecule is CCC(C)(C)CC(C)(C)C1(C)CC2CCCCCCCCCC2C1C. The molecule has 0 heteroatoms. The van der Waals surface area contributed by atoms with Crippen LogP contribution in [0.4, 0.5) is 0 Å². The molecule has 4 unspecified atom stereocenters. The topological polar surface area (TPSA) is 0 Å². The van der Waals surface area contributed by atoms with Crippen LogP contribution in [0.15, 0.2) is 0 Å². The molecule has 0 aromatic carbocycles. The molecule has 2 saturated carbocycles. The summed E-state index contributed by atoms with van der Waals surface area (Å²) in [4.78, 5) is 0. The van der Waals surface area contributed by atoms with E-state index in [0.29, 0.717) is 16.2 Å². The van der Waals surface area contributed by atoms with E-state index < -0.39 is 0 Å². The first-order valence-electron chi connectivity index (χ1n) is 11.6. The van der Waals surface area contributed by atoms with E-state index in [1.165, 1.54) is 77.0 Å². The van der Waals surface area contributed by atoms with E-state index in [9.17, 15) is 0 Å². The lowest BCUT2D eigenvalue weighted by Crippen LogP contribution is -2.41. The molecule has 0 spiro atoms. The average molecular weight is 349 g/mol. The third-order valence-electron chi connectivity index (χ3n) is 8.97. The van der Waals surface area contributed by atoms with Crippen molar-refractivity contribution in [3.8, 4) is 0 Å². The smallest absolute Gasteiger partial charge is 0.0243 e. The van der Waals surface area contributed by atoms with Gasteiger partial charge in [-0.1, -0.05) is 106 Å². The van der Waals surface area contributed by atoms with Gasteiger partial charge in [0.2, 0.25) is 0 Å². The Morgan fingerprint density at radius 2 is 1.36 bits per heavy atom. The fraction of sp³-hybridized carbons (Fsp3) is 1.00. The molecule has 0 saturated heterocycles. The fourth-order valence-corrected chi connectivity index (χ4v) is 6.65. The van der Waals surface area contributed by atoms with Crippen molar-refractivity contribution in [2.75, 3.05) is 0 Å². The Kier molecular flexibility index (Phi) is 7.11. The van der Waals surface area contributed by atoms with Crippen LogP contribution in [0.5, 0.6) is 0 Å². The quantitative estimate of drug-likeness (QED) is 0.477. The van der Waals surface area contributed by atoms with Gasteiger partial charge in [-0.05, 0) is 53.3 Å². The van der Waals surface area contributed by atoms with E-state index in [-0.39, 0.29) is 0 Å². The molecule has 25 heavy (non-hydrogen) atoms. The van der Waals surface area contributed by atoms with Crippen LogP contribution in [0.1, 0.15) is 126 Å². The van der Waals surface area contributed by atoms with Crippen LogP contribution in [0.25, 0.3) is 0 Å². The Labute approximate surface area is 159 Å². The highest BCUT2D eigenvalue weighted by molar-refractivity contribution is 5.04. The van der Waals surface area contributed by atoms with Crippen molar-refractivity contribution in [3.05, 3.63) is 0 Å². The molecule has 0 nitrogen and oxygen atoms in total. The van der Waals surface area contributed by atoms with Crippen LogP contribution in [0.3, 0.4) is 0 Å². The van der Waals surface area contributed by atoms with Crippen LogP contribution >= 0.6 is 0 Å². The third-order valence-corrected chi connectivity index (χ3v) is 8.97. The van der Waals surface area contributed by atoms with Crippen LogP contribution < -0.4 is 0 Å². The molecule has 0 amide bonds. The lowest BCUT2D eigenvalue weighted by molar-refractivity contribution is -0.0000170. The van der Waals surface area contributed by atoms with Crippen LogP contribution in [0, 0.1) is 34.0 Å². The second-order valence-electron chi connectivity index (χ2n) is 11.5. The molecule has 2 aliphatic rings. The van der Waals surface area contributed by atoms with Gasteiger partial charge in [-0.3, -0.25) is 0 Å². The molecule has 4 atom stereocenters. The monoisotopic (exact) mass is 348 g/mol. The lowest BCUT2D eigenvalue weighted by atomic mass is 9.56. The minimum Gasteiger partial charge on any atom is -0.0649 e. The largest absolute Gasteiger partial charge is 0.0649 e. The Hall–Kier alpha value is 0. The van der Waals surface area contributed by atoms with Gasteiger partial charge in [0.05, 0.1) is 0 Å². The summed E-state index contributed by atoms with van der Waals surface area (Å²) in [6.07, 6.45) is 17.6. The predicted octanol–water partition coefficient (Wildman–Crippen LogP) is 8.64. The van der Waals surface area contributed by atoms with Crippen molar-refractivity contribution in [2.45, 2.75) is 126 Å². The molecule has 2 rings (SSSR count). The predicted molar refractivity (Wildman–Crippen MR) is 113 cm³/mol. The summed E-state index contributed by atoms with van der Waals surface area (Å²) < 4.78 is 0. The molecule has 148 valence electrons. The molecule has 0 N–H and O–H groups in total. The van der Waals surface area contributed by atoms with Gasteiger partial charge in [0.1, 0.15) is 0 Å². The molecule has 2 fully saturated rings. The van der Waals surface area contributed by atoms with Gasteiger partial charge >= 0.3 is 0 Å². The summed E-state index contributed by atoms with van der Waals surface area (Å²) in [6, 6.07) is 0. The summed E-state index contributed by atoms with van der Waals surface area (Å²) in [5.41, 5.74) is 1.43. The first-order chi connectivity index (χ1) is 11.6. The van der Waals surface area contributed by atoms with E-state index in [1.54, 1.807) is 0 Å². The Morgan fingerprint density at radius 1 is 0.840 bits per heavy atom. The summed E-state index contributed by atoms with van der Waals surface area (Å²) in [5, 5.41) is 0. The highest BCUT2D eigenvalue weighted by Gasteiger charge is 2.55. The molecular formula is C25H48. The Bertz CT molecular complexity index is 404. The van der Waals surface area contributed by atoms with Crippen molar-refractivity contribution in [3.63, 3.8) is 0 Å². The van der Waals surface area contributed by atoms with Gasteiger partial charge < -0.3 is 0 Å². The van der Waals surface area contributed by atoms with Gasteiger partial charge in [0, 0.05) is 0 Å². The molecule has 0 aliphatic heterocycles. The maximum absolute atomic E-state index is 2.67. The molecule has 0 bridgehead atoms. The third kappa shape index (κ3) is 4.84. The maximum atomic E-state index is 2.67. The molecule has 0 heterocycles. The Morgan fingerprint density at radius 3 is 1.92 bits per heavy atom. The van der Waals surface area contributed by atoms with Crippen molar-refractivity contribution >= 4 is 0 Å². The summed E-state index contributed by atoms with van der Waals surface area (Å²) in [6.45, 7) is 17.8. The van der Waals surface area contributed by atoms with E-state index in [1.807, 2.05) is 0 Å². The average Bonchev–Trinajstić information content (AvgIpc) is 2.76. The first-order valence-corrected chi connectivity index (χ1v) is 11.6. The zero-order chi connectivity index (χ0) is 18.7. The van der Waals surface area contributed by atoms with Crippen molar-refractivity contribution < 1.29 is 0 Å². The molecular weight excluding hydrogens is 300 g/mol. The van der Waals surface area contributed by atoms with Crippen molar-refractivity contribution in [1.82, 2.24) is 0 Å². The number of hydrogen-bond acceptors (Lipinski definition) is 0. The zero-order valence-electron chi connectivity index (χ0n) is 18.7. The summed E-state index contributed by atoms with van der Waals surface area (Å²) in [5.74, 6) is 2.88. The zero-order valence-corrected chi connectivity index (χ0v) is 18.7. The minimum absolute atomic E-state index is 0.440. The van der Waals surface area contributed by atoms with Crippen LogP contribution in [-0.2, 0) is 0 Å². The summed E-state index contributed by atoms with van der Waals surface area (Å²) in [7, 11) is 0. The number of rotatable bonds is 4. The number of hydrogen-bond donors (Lipinski definition) is 0.